The van der Waals surface area contributed by atoms with Gasteiger partial charge in [0.1, 0.15) is 0 Å². The smallest absolute Gasteiger partial charge is 0.305 e. The van der Waals surface area contributed by atoms with E-state index >= 15 is 0 Å². The van der Waals surface area contributed by atoms with Gasteiger partial charge in [-0.25, -0.2) is 0 Å². The molecule has 208 valence electrons. The van der Waals surface area contributed by atoms with Crippen molar-refractivity contribution in [1.29, 1.82) is 0 Å². The molecule has 0 N–H and O–H groups in total. The van der Waals surface area contributed by atoms with E-state index < -0.39 is 0 Å². The Morgan fingerprint density at radius 1 is 0.571 bits per heavy atom. The molecule has 0 aliphatic heterocycles. The molecule has 0 aliphatic carbocycles. The highest BCUT2D eigenvalue weighted by Crippen LogP contribution is 2.14. The van der Waals surface area contributed by atoms with E-state index in [4.69, 9.17) is 4.74 Å². The summed E-state index contributed by atoms with van der Waals surface area (Å²) in [6.45, 7) is 7.54. The summed E-state index contributed by atoms with van der Waals surface area (Å²) in [6.07, 6.45) is 36.8. The van der Waals surface area contributed by atoms with Gasteiger partial charge in [-0.15, -0.1) is 0 Å². The minimum absolute atomic E-state index is 0.0160. The Balaban J connectivity index is 3.20. The molecule has 35 heavy (non-hydrogen) atoms. The van der Waals surface area contributed by atoms with Crippen molar-refractivity contribution in [2.75, 3.05) is 6.61 Å². The zero-order valence-corrected chi connectivity index (χ0v) is 24.4. The Morgan fingerprint density at radius 2 is 1.00 bits per heavy atom. The molecule has 0 bridgehead atoms. The van der Waals surface area contributed by atoms with Crippen molar-refractivity contribution in [3.63, 3.8) is 0 Å². The van der Waals surface area contributed by atoms with Gasteiger partial charge in [0.05, 0.1) is 6.61 Å². The Bertz CT molecular complexity index is 440. The van der Waals surface area contributed by atoms with Crippen LogP contribution in [0.1, 0.15) is 181 Å². The van der Waals surface area contributed by atoms with Crippen molar-refractivity contribution in [3.8, 4) is 0 Å². The van der Waals surface area contributed by atoms with Gasteiger partial charge in [-0.3, -0.25) is 4.79 Å². The average Bonchev–Trinajstić information content (AvgIpc) is 2.84. The van der Waals surface area contributed by atoms with Crippen LogP contribution in [0.4, 0.5) is 0 Å². The molecule has 0 saturated carbocycles. The van der Waals surface area contributed by atoms with Crippen LogP contribution in [0.2, 0.25) is 0 Å². The molecule has 0 spiro atoms. The summed E-state index contributed by atoms with van der Waals surface area (Å²) in [5.74, 6) is 0.878. The molecule has 0 aromatic heterocycles. The van der Waals surface area contributed by atoms with Crippen molar-refractivity contribution in [2.24, 2.45) is 5.92 Å². The maximum absolute atomic E-state index is 11.9. The van der Waals surface area contributed by atoms with E-state index in [0.29, 0.717) is 13.0 Å². The van der Waals surface area contributed by atoms with Gasteiger partial charge in [0.25, 0.3) is 0 Å². The first-order valence-electron chi connectivity index (χ1n) is 16.0. The summed E-state index contributed by atoms with van der Waals surface area (Å²) in [6, 6.07) is 0. The summed E-state index contributed by atoms with van der Waals surface area (Å²) in [7, 11) is 0. The zero-order chi connectivity index (χ0) is 25.7. The maximum atomic E-state index is 11.9. The van der Waals surface area contributed by atoms with Crippen LogP contribution in [0.3, 0.4) is 0 Å². The van der Waals surface area contributed by atoms with Crippen molar-refractivity contribution >= 4 is 5.97 Å². The molecular weight excluding hydrogens is 428 g/mol. The molecule has 0 aliphatic rings. The second-order valence-electron chi connectivity index (χ2n) is 11.3. The van der Waals surface area contributed by atoms with E-state index in [9.17, 15) is 4.79 Å². The SMILES string of the molecule is CCCCCCCC=CCCCCCCCCC(=O)OCCCCCCCCCCCCC(C)C. The van der Waals surface area contributed by atoms with Crippen LogP contribution in [-0.2, 0) is 9.53 Å². The lowest BCUT2D eigenvalue weighted by molar-refractivity contribution is -0.143. The first-order valence-corrected chi connectivity index (χ1v) is 16.0. The van der Waals surface area contributed by atoms with Gasteiger partial charge in [-0.1, -0.05) is 148 Å². The van der Waals surface area contributed by atoms with Crippen LogP contribution in [0.25, 0.3) is 0 Å². The van der Waals surface area contributed by atoms with E-state index in [1.807, 2.05) is 0 Å². The second-order valence-corrected chi connectivity index (χ2v) is 11.3. The second kappa shape index (κ2) is 29.4. The predicted octanol–water partition coefficient (Wildman–Crippen LogP) is 11.5. The van der Waals surface area contributed by atoms with Crippen LogP contribution in [0.15, 0.2) is 12.2 Å². The van der Waals surface area contributed by atoms with Crippen LogP contribution in [-0.4, -0.2) is 12.6 Å². The molecule has 0 heterocycles. The number of carbonyl (C=O) groups excluding carboxylic acids is 1. The first kappa shape index (κ1) is 34.2. The van der Waals surface area contributed by atoms with Gasteiger partial charge in [0, 0.05) is 6.42 Å². The molecule has 2 heteroatoms. The number of allylic oxidation sites excluding steroid dienone is 2. The third-order valence-electron chi connectivity index (χ3n) is 7.08. The van der Waals surface area contributed by atoms with Gasteiger partial charge >= 0.3 is 5.97 Å². The largest absolute Gasteiger partial charge is 0.466 e. The van der Waals surface area contributed by atoms with Crippen molar-refractivity contribution in [3.05, 3.63) is 12.2 Å². The van der Waals surface area contributed by atoms with Crippen LogP contribution < -0.4 is 0 Å². The summed E-state index contributed by atoms with van der Waals surface area (Å²) >= 11 is 0. The Labute approximate surface area is 221 Å². The van der Waals surface area contributed by atoms with Crippen molar-refractivity contribution < 1.29 is 9.53 Å². The van der Waals surface area contributed by atoms with Crippen molar-refractivity contribution in [2.45, 2.75) is 181 Å². The third kappa shape index (κ3) is 31.2. The standard InChI is InChI=1S/C33H64O2/c1-4-5-6-7-8-9-10-11-12-13-14-18-21-24-27-30-33(34)35-31-28-25-22-19-16-15-17-20-23-26-29-32(2)3/h10-11,32H,4-9,12-31H2,1-3H3. The number of carbonyl (C=O) groups is 1. The minimum atomic E-state index is 0.0160. The molecule has 0 aromatic carbocycles. The molecular formula is C33H64O2. The van der Waals surface area contributed by atoms with Gasteiger partial charge in [0.2, 0.25) is 0 Å². The van der Waals surface area contributed by atoms with Gasteiger partial charge in [-0.05, 0) is 44.4 Å². The summed E-state index contributed by atoms with van der Waals surface area (Å²) in [4.78, 5) is 11.9. The van der Waals surface area contributed by atoms with Gasteiger partial charge in [0.15, 0.2) is 0 Å². The van der Waals surface area contributed by atoms with Crippen LogP contribution in [0, 0.1) is 5.92 Å². The molecule has 0 amide bonds. The molecule has 0 radical (unpaired) electrons. The van der Waals surface area contributed by atoms with Crippen LogP contribution in [0.5, 0.6) is 0 Å². The van der Waals surface area contributed by atoms with E-state index in [1.165, 1.54) is 141 Å². The highest BCUT2D eigenvalue weighted by molar-refractivity contribution is 5.69. The maximum Gasteiger partial charge on any atom is 0.305 e. The summed E-state index contributed by atoms with van der Waals surface area (Å²) < 4.78 is 5.41. The third-order valence-corrected chi connectivity index (χ3v) is 7.08. The molecule has 0 saturated heterocycles. The Morgan fingerprint density at radius 3 is 1.51 bits per heavy atom. The number of rotatable bonds is 28. The lowest BCUT2D eigenvalue weighted by Gasteiger charge is -2.06. The number of hydrogen-bond donors (Lipinski definition) is 0. The molecule has 0 rings (SSSR count). The highest BCUT2D eigenvalue weighted by atomic mass is 16.5. The molecule has 0 atom stereocenters. The van der Waals surface area contributed by atoms with Gasteiger partial charge in [-0.2, -0.15) is 0 Å². The zero-order valence-electron chi connectivity index (χ0n) is 24.4. The lowest BCUT2D eigenvalue weighted by atomic mass is 10.0. The fraction of sp³-hybridized carbons (Fsp3) is 0.909. The topological polar surface area (TPSA) is 26.3 Å². The monoisotopic (exact) mass is 492 g/mol. The minimum Gasteiger partial charge on any atom is -0.466 e. The van der Waals surface area contributed by atoms with Crippen molar-refractivity contribution in [1.82, 2.24) is 0 Å². The van der Waals surface area contributed by atoms with E-state index in [-0.39, 0.29) is 5.97 Å². The fourth-order valence-corrected chi connectivity index (χ4v) is 4.67. The average molecular weight is 493 g/mol. The predicted molar refractivity (Wildman–Crippen MR) is 156 cm³/mol. The Kier molecular flexibility index (Phi) is 28.8. The van der Waals surface area contributed by atoms with E-state index in [2.05, 4.69) is 32.9 Å². The van der Waals surface area contributed by atoms with E-state index in [0.717, 1.165) is 18.8 Å². The lowest BCUT2D eigenvalue weighted by Crippen LogP contribution is -2.05. The number of unbranched alkanes of at least 4 members (excludes halogenated alkanes) is 20. The normalized spacial score (nSPS) is 11.7. The summed E-state index contributed by atoms with van der Waals surface area (Å²) in [5.41, 5.74) is 0. The van der Waals surface area contributed by atoms with Gasteiger partial charge < -0.3 is 4.74 Å². The number of esters is 1. The quantitative estimate of drug-likeness (QED) is 0.0616. The molecule has 0 unspecified atom stereocenters. The Hall–Kier alpha value is -0.790. The summed E-state index contributed by atoms with van der Waals surface area (Å²) in [5, 5.41) is 0. The molecule has 0 fully saturated rings. The molecule has 2 nitrogen and oxygen atoms in total. The highest BCUT2D eigenvalue weighted by Gasteiger charge is 2.02. The fourth-order valence-electron chi connectivity index (χ4n) is 4.67. The number of hydrogen-bond acceptors (Lipinski definition) is 2. The van der Waals surface area contributed by atoms with Crippen LogP contribution >= 0.6 is 0 Å². The molecule has 0 aromatic rings. The number of ether oxygens (including phenoxy) is 1. The van der Waals surface area contributed by atoms with E-state index in [1.54, 1.807) is 0 Å². The first-order chi connectivity index (χ1) is 17.2.